The largest absolute Gasteiger partial charge is 0.457 e. The second-order valence-electron chi connectivity index (χ2n) is 5.03. The van der Waals surface area contributed by atoms with Gasteiger partial charge in [0.05, 0.1) is 11.1 Å². The summed E-state index contributed by atoms with van der Waals surface area (Å²) in [6.07, 6.45) is 0. The van der Waals surface area contributed by atoms with Crippen molar-refractivity contribution in [3.63, 3.8) is 0 Å². The number of esters is 1. The highest BCUT2D eigenvalue weighted by atomic mass is 35.5. The Labute approximate surface area is 133 Å². The lowest BCUT2D eigenvalue weighted by molar-refractivity contribution is 0.0475. The summed E-state index contributed by atoms with van der Waals surface area (Å²) >= 11 is 5.84. The van der Waals surface area contributed by atoms with E-state index in [0.717, 1.165) is 22.2 Å². The summed E-state index contributed by atoms with van der Waals surface area (Å²) in [6.45, 7) is 2.08. The fourth-order valence-electron chi connectivity index (χ4n) is 2.28. The van der Waals surface area contributed by atoms with Crippen molar-refractivity contribution in [2.75, 3.05) is 0 Å². The predicted molar refractivity (Wildman–Crippen MR) is 87.1 cm³/mol. The van der Waals surface area contributed by atoms with Crippen LogP contribution in [0, 0.1) is 6.92 Å². The summed E-state index contributed by atoms with van der Waals surface area (Å²) in [5.41, 5.74) is 3.02. The Kier molecular flexibility index (Phi) is 4.07. The third kappa shape index (κ3) is 3.10. The molecule has 22 heavy (non-hydrogen) atoms. The van der Waals surface area contributed by atoms with Gasteiger partial charge < -0.3 is 4.74 Å². The van der Waals surface area contributed by atoms with Crippen molar-refractivity contribution in [2.45, 2.75) is 13.5 Å². The van der Waals surface area contributed by atoms with Crippen LogP contribution < -0.4 is 0 Å². The van der Waals surface area contributed by atoms with E-state index in [1.165, 1.54) is 0 Å². The molecule has 0 radical (unpaired) electrons. The van der Waals surface area contributed by atoms with Crippen LogP contribution in [0.1, 0.15) is 21.6 Å². The Hall–Kier alpha value is -2.39. The minimum absolute atomic E-state index is 0.214. The second-order valence-corrected chi connectivity index (χ2v) is 5.47. The number of aromatic nitrogens is 1. The molecule has 0 saturated heterocycles. The van der Waals surface area contributed by atoms with Gasteiger partial charge in [-0.05, 0) is 36.8 Å². The van der Waals surface area contributed by atoms with Crippen LogP contribution >= 0.6 is 11.6 Å². The number of rotatable bonds is 3. The van der Waals surface area contributed by atoms with Gasteiger partial charge in [-0.15, -0.1) is 0 Å². The first-order valence-corrected chi connectivity index (χ1v) is 7.29. The highest BCUT2D eigenvalue weighted by Gasteiger charge is 2.13. The molecule has 0 bridgehead atoms. The third-order valence-corrected chi connectivity index (χ3v) is 3.60. The van der Waals surface area contributed by atoms with Crippen LogP contribution in [0.15, 0.2) is 54.6 Å². The van der Waals surface area contributed by atoms with Crippen molar-refractivity contribution in [3.8, 4) is 0 Å². The quantitative estimate of drug-likeness (QED) is 0.666. The number of hydrogen-bond acceptors (Lipinski definition) is 3. The average Bonchev–Trinajstić information content (AvgIpc) is 2.53. The molecule has 0 fully saturated rings. The number of pyridine rings is 1. The highest BCUT2D eigenvalue weighted by Crippen LogP contribution is 2.20. The van der Waals surface area contributed by atoms with Gasteiger partial charge >= 0.3 is 5.97 Å². The number of ether oxygens (including phenoxy) is 1. The third-order valence-electron chi connectivity index (χ3n) is 3.35. The molecule has 3 nitrogen and oxygen atoms in total. The molecule has 0 aliphatic rings. The van der Waals surface area contributed by atoms with Crippen LogP contribution in [-0.4, -0.2) is 11.0 Å². The first kappa shape index (κ1) is 14.5. The maximum absolute atomic E-state index is 12.4. The molecule has 3 rings (SSSR count). The molecule has 110 valence electrons. The van der Waals surface area contributed by atoms with Gasteiger partial charge in [0.15, 0.2) is 0 Å². The highest BCUT2D eigenvalue weighted by molar-refractivity contribution is 6.30. The number of fused-ring (bicyclic) bond motifs is 1. The number of carbonyl (C=O) groups is 1. The lowest BCUT2D eigenvalue weighted by Crippen LogP contribution is -2.07. The lowest BCUT2D eigenvalue weighted by atomic mass is 10.1. The molecule has 0 aliphatic carbocycles. The van der Waals surface area contributed by atoms with Crippen molar-refractivity contribution in [1.82, 2.24) is 4.98 Å². The van der Waals surface area contributed by atoms with Crippen molar-refractivity contribution in [2.24, 2.45) is 0 Å². The van der Waals surface area contributed by atoms with Crippen LogP contribution in [-0.2, 0) is 11.3 Å². The van der Waals surface area contributed by atoms with Gasteiger partial charge in [-0.1, -0.05) is 41.9 Å². The van der Waals surface area contributed by atoms with Gasteiger partial charge in [0.1, 0.15) is 6.61 Å². The van der Waals surface area contributed by atoms with Crippen molar-refractivity contribution >= 4 is 28.5 Å². The molecule has 1 aromatic heterocycles. The van der Waals surface area contributed by atoms with Gasteiger partial charge in [-0.3, -0.25) is 4.98 Å². The Morgan fingerprint density at radius 3 is 2.64 bits per heavy atom. The number of halogens is 1. The van der Waals surface area contributed by atoms with Gasteiger partial charge in [0.25, 0.3) is 0 Å². The topological polar surface area (TPSA) is 39.2 Å². The van der Waals surface area contributed by atoms with Gasteiger partial charge in [-0.2, -0.15) is 0 Å². The molecule has 0 atom stereocenters. The summed E-state index contributed by atoms with van der Waals surface area (Å²) in [7, 11) is 0. The van der Waals surface area contributed by atoms with Crippen LogP contribution in [0.5, 0.6) is 0 Å². The average molecular weight is 312 g/mol. The standard InChI is InChI=1S/C18H14ClNO2/c1-12-10-16(15-4-2-3-5-17(15)20-12)18(21)22-11-13-6-8-14(19)9-7-13/h2-10H,11H2,1H3. The Bertz CT molecular complexity index is 828. The van der Waals surface area contributed by atoms with E-state index >= 15 is 0 Å². The Balaban J connectivity index is 1.84. The first-order valence-electron chi connectivity index (χ1n) is 6.91. The minimum Gasteiger partial charge on any atom is -0.457 e. The van der Waals surface area contributed by atoms with Crippen LogP contribution in [0.3, 0.4) is 0 Å². The Morgan fingerprint density at radius 2 is 1.86 bits per heavy atom. The summed E-state index contributed by atoms with van der Waals surface area (Å²) in [5.74, 6) is -0.350. The summed E-state index contributed by atoms with van der Waals surface area (Å²) in [5, 5.41) is 1.46. The fraction of sp³-hybridized carbons (Fsp3) is 0.111. The van der Waals surface area contributed by atoms with E-state index in [2.05, 4.69) is 4.98 Å². The van der Waals surface area contributed by atoms with Crippen LogP contribution in [0.4, 0.5) is 0 Å². The van der Waals surface area contributed by atoms with Crippen molar-refractivity contribution in [1.29, 1.82) is 0 Å². The molecule has 4 heteroatoms. The zero-order valence-electron chi connectivity index (χ0n) is 12.0. The number of nitrogens with zero attached hydrogens (tertiary/aromatic N) is 1. The van der Waals surface area contributed by atoms with E-state index in [-0.39, 0.29) is 12.6 Å². The van der Waals surface area contributed by atoms with E-state index < -0.39 is 0 Å². The molecule has 0 saturated carbocycles. The zero-order valence-corrected chi connectivity index (χ0v) is 12.8. The molecular formula is C18H14ClNO2. The van der Waals surface area contributed by atoms with Gasteiger partial charge in [0, 0.05) is 16.1 Å². The predicted octanol–water partition coefficient (Wildman–Crippen LogP) is 4.55. The number of aryl methyl sites for hydroxylation is 1. The smallest absolute Gasteiger partial charge is 0.339 e. The summed E-state index contributed by atoms with van der Waals surface area (Å²) in [6, 6.07) is 16.5. The molecule has 2 aromatic carbocycles. The number of carbonyl (C=O) groups excluding carboxylic acids is 1. The van der Waals surface area contributed by atoms with Crippen molar-refractivity contribution < 1.29 is 9.53 Å². The van der Waals surface area contributed by atoms with Crippen molar-refractivity contribution in [3.05, 3.63) is 76.4 Å². The molecule has 3 aromatic rings. The number of hydrogen-bond donors (Lipinski definition) is 0. The van der Waals surface area contributed by atoms with E-state index in [0.29, 0.717) is 10.6 Å². The maximum atomic E-state index is 12.4. The van der Waals surface area contributed by atoms with E-state index in [9.17, 15) is 4.79 Å². The van der Waals surface area contributed by atoms with Crippen LogP contribution in [0.25, 0.3) is 10.9 Å². The van der Waals surface area contributed by atoms with E-state index in [1.807, 2.05) is 43.3 Å². The first-order chi connectivity index (χ1) is 10.6. The van der Waals surface area contributed by atoms with E-state index in [1.54, 1.807) is 18.2 Å². The monoisotopic (exact) mass is 311 g/mol. The molecule has 0 N–H and O–H groups in total. The molecule has 1 heterocycles. The van der Waals surface area contributed by atoms with Crippen LogP contribution in [0.2, 0.25) is 5.02 Å². The molecular weight excluding hydrogens is 298 g/mol. The summed E-state index contributed by atoms with van der Waals surface area (Å²) < 4.78 is 5.41. The van der Waals surface area contributed by atoms with Gasteiger partial charge in [-0.25, -0.2) is 4.79 Å². The lowest BCUT2D eigenvalue weighted by Gasteiger charge is -2.08. The molecule has 0 spiro atoms. The molecule has 0 amide bonds. The zero-order chi connectivity index (χ0) is 15.5. The fourth-order valence-corrected chi connectivity index (χ4v) is 2.41. The number of benzene rings is 2. The molecule has 0 aliphatic heterocycles. The minimum atomic E-state index is -0.350. The van der Waals surface area contributed by atoms with Gasteiger partial charge in [0.2, 0.25) is 0 Å². The number of para-hydroxylation sites is 1. The maximum Gasteiger partial charge on any atom is 0.339 e. The molecule has 0 unspecified atom stereocenters. The normalized spacial score (nSPS) is 10.6. The van der Waals surface area contributed by atoms with E-state index in [4.69, 9.17) is 16.3 Å². The Morgan fingerprint density at radius 1 is 1.14 bits per heavy atom. The summed E-state index contributed by atoms with van der Waals surface area (Å²) in [4.78, 5) is 16.8. The SMILES string of the molecule is Cc1cc(C(=O)OCc2ccc(Cl)cc2)c2ccccc2n1. The second kappa shape index (κ2) is 6.16.